The maximum atomic E-state index is 6.54. The van der Waals surface area contributed by atoms with Gasteiger partial charge in [0.1, 0.15) is 6.54 Å². The summed E-state index contributed by atoms with van der Waals surface area (Å²) < 4.78 is 2.15. The molecule has 4 rings (SSSR count). The molecule has 3 aromatic rings. The topological polar surface area (TPSA) is 46.3 Å². The van der Waals surface area contributed by atoms with Crippen LogP contribution in [-0.4, -0.2) is 44.7 Å². The van der Waals surface area contributed by atoms with Crippen LogP contribution in [0.5, 0.6) is 0 Å². The molecule has 2 heterocycles. The smallest absolute Gasteiger partial charge is 0.159 e. The van der Waals surface area contributed by atoms with E-state index in [0.29, 0.717) is 18.1 Å². The van der Waals surface area contributed by atoms with Gasteiger partial charge in [-0.05, 0) is 37.1 Å². The Morgan fingerprint density at radius 1 is 1.20 bits per heavy atom. The lowest BCUT2D eigenvalue weighted by Crippen LogP contribution is -2.21. The fourth-order valence-corrected chi connectivity index (χ4v) is 4.55. The van der Waals surface area contributed by atoms with E-state index in [4.69, 9.17) is 16.6 Å². The van der Waals surface area contributed by atoms with Crippen LogP contribution in [0.3, 0.4) is 0 Å². The summed E-state index contributed by atoms with van der Waals surface area (Å²) in [6.45, 7) is 7.89. The number of halogens is 1. The molecule has 0 amide bonds. The number of aliphatic imine (C=N–C) groups is 1. The zero-order valence-electron chi connectivity index (χ0n) is 17.2. The number of fused-ring (bicyclic) bond motifs is 3. The second-order valence-electron chi connectivity index (χ2n) is 7.11. The van der Waals surface area contributed by atoms with E-state index in [0.717, 1.165) is 46.5 Å². The molecule has 0 bridgehead atoms. The largest absolute Gasteiger partial charge is 0.295 e. The first-order chi connectivity index (χ1) is 14.6. The van der Waals surface area contributed by atoms with Gasteiger partial charge in [-0.15, -0.1) is 28.5 Å². The van der Waals surface area contributed by atoms with E-state index in [1.54, 1.807) is 0 Å². The second kappa shape index (κ2) is 9.16. The SMILES string of the molecule is C=CCN(C)Cc1nnc2n1-c1cc(SCC)ccc1C(c1ccccc1Cl)=NC2. The summed E-state index contributed by atoms with van der Waals surface area (Å²) >= 11 is 8.36. The Balaban J connectivity index is 1.88. The van der Waals surface area contributed by atoms with Crippen molar-refractivity contribution in [2.45, 2.75) is 24.9 Å². The van der Waals surface area contributed by atoms with E-state index in [2.05, 4.69) is 58.4 Å². The number of hydrogen-bond donors (Lipinski definition) is 0. The van der Waals surface area contributed by atoms with Gasteiger partial charge >= 0.3 is 0 Å². The zero-order chi connectivity index (χ0) is 21.1. The standard InChI is InChI=1S/C23H24ClN5S/c1-4-12-28(3)15-22-27-26-21-14-25-23(17-8-6-7-9-19(17)24)18-11-10-16(30-5-2)13-20(18)29(21)22/h4,6-11,13H,1,5,12,14-15H2,2-3H3. The third-order valence-electron chi connectivity index (χ3n) is 4.93. The highest BCUT2D eigenvalue weighted by molar-refractivity contribution is 7.99. The van der Waals surface area contributed by atoms with Crippen LogP contribution >= 0.6 is 23.4 Å². The molecule has 7 heteroatoms. The average molecular weight is 438 g/mol. The Morgan fingerprint density at radius 3 is 2.80 bits per heavy atom. The molecule has 0 atom stereocenters. The first-order valence-electron chi connectivity index (χ1n) is 9.92. The van der Waals surface area contributed by atoms with Crippen LogP contribution < -0.4 is 0 Å². The lowest BCUT2D eigenvalue weighted by molar-refractivity contribution is 0.350. The van der Waals surface area contributed by atoms with Crippen LogP contribution in [0.15, 0.2) is 65.0 Å². The molecular formula is C23H24ClN5S. The van der Waals surface area contributed by atoms with Crippen molar-refractivity contribution in [2.24, 2.45) is 4.99 Å². The highest BCUT2D eigenvalue weighted by Gasteiger charge is 2.24. The molecule has 0 fully saturated rings. The van der Waals surface area contributed by atoms with Crippen molar-refractivity contribution in [2.75, 3.05) is 19.3 Å². The van der Waals surface area contributed by atoms with Gasteiger partial charge in [0.2, 0.25) is 0 Å². The minimum atomic E-state index is 0.448. The van der Waals surface area contributed by atoms with Gasteiger partial charge in [-0.1, -0.05) is 42.8 Å². The maximum Gasteiger partial charge on any atom is 0.159 e. The zero-order valence-corrected chi connectivity index (χ0v) is 18.7. The molecule has 0 saturated carbocycles. The average Bonchev–Trinajstić information content (AvgIpc) is 3.04. The summed E-state index contributed by atoms with van der Waals surface area (Å²) in [7, 11) is 2.05. The van der Waals surface area contributed by atoms with Crippen molar-refractivity contribution in [3.05, 3.63) is 82.9 Å². The van der Waals surface area contributed by atoms with Crippen LogP contribution in [0, 0.1) is 0 Å². The van der Waals surface area contributed by atoms with E-state index in [1.807, 2.05) is 42.1 Å². The Labute approximate surface area is 186 Å². The van der Waals surface area contributed by atoms with Crippen molar-refractivity contribution >= 4 is 29.1 Å². The third kappa shape index (κ3) is 4.08. The van der Waals surface area contributed by atoms with Crippen molar-refractivity contribution < 1.29 is 0 Å². The number of hydrogen-bond acceptors (Lipinski definition) is 5. The van der Waals surface area contributed by atoms with Crippen LogP contribution in [-0.2, 0) is 13.1 Å². The summed E-state index contributed by atoms with van der Waals surface area (Å²) in [6, 6.07) is 14.4. The monoisotopic (exact) mass is 437 g/mol. The van der Waals surface area contributed by atoms with Gasteiger partial charge in [0.05, 0.1) is 17.9 Å². The maximum absolute atomic E-state index is 6.54. The number of rotatable bonds is 7. The summed E-state index contributed by atoms with van der Waals surface area (Å²) in [4.78, 5) is 8.29. The highest BCUT2D eigenvalue weighted by Crippen LogP contribution is 2.31. The first kappa shape index (κ1) is 20.8. The van der Waals surface area contributed by atoms with Gasteiger partial charge < -0.3 is 0 Å². The molecule has 1 aliphatic rings. The number of likely N-dealkylation sites (N-methyl/N-ethyl adjacent to an activating group) is 1. The fraction of sp³-hybridized carbons (Fsp3) is 0.261. The van der Waals surface area contributed by atoms with Crippen molar-refractivity contribution in [3.63, 3.8) is 0 Å². The van der Waals surface area contributed by atoms with Gasteiger partial charge in [0.15, 0.2) is 11.6 Å². The molecule has 0 unspecified atom stereocenters. The minimum absolute atomic E-state index is 0.448. The molecule has 0 aliphatic carbocycles. The number of nitrogens with zero attached hydrogens (tertiary/aromatic N) is 5. The van der Waals surface area contributed by atoms with E-state index in [1.165, 1.54) is 4.90 Å². The first-order valence-corrected chi connectivity index (χ1v) is 11.3. The van der Waals surface area contributed by atoms with Crippen molar-refractivity contribution in [3.8, 4) is 5.69 Å². The van der Waals surface area contributed by atoms with Gasteiger partial charge in [0.25, 0.3) is 0 Å². The Kier molecular flexibility index (Phi) is 6.37. The lowest BCUT2D eigenvalue weighted by atomic mass is 10.0. The van der Waals surface area contributed by atoms with E-state index in [9.17, 15) is 0 Å². The minimum Gasteiger partial charge on any atom is -0.295 e. The van der Waals surface area contributed by atoms with Crippen LogP contribution in [0.1, 0.15) is 29.7 Å². The molecule has 5 nitrogen and oxygen atoms in total. The van der Waals surface area contributed by atoms with Crippen molar-refractivity contribution in [1.29, 1.82) is 0 Å². The second-order valence-corrected chi connectivity index (χ2v) is 8.85. The number of aromatic nitrogens is 3. The fourth-order valence-electron chi connectivity index (χ4n) is 3.63. The molecule has 0 radical (unpaired) electrons. The van der Waals surface area contributed by atoms with Crippen LogP contribution in [0.4, 0.5) is 0 Å². The molecule has 30 heavy (non-hydrogen) atoms. The summed E-state index contributed by atoms with van der Waals surface area (Å²) in [5.74, 6) is 2.73. The highest BCUT2D eigenvalue weighted by atomic mass is 35.5. The summed E-state index contributed by atoms with van der Waals surface area (Å²) in [5.41, 5.74) is 3.90. The number of thioether (sulfide) groups is 1. The van der Waals surface area contributed by atoms with Gasteiger partial charge in [-0.25, -0.2) is 0 Å². The molecule has 154 valence electrons. The Hall–Kier alpha value is -2.41. The normalized spacial score (nSPS) is 12.9. The Morgan fingerprint density at radius 2 is 2.03 bits per heavy atom. The van der Waals surface area contributed by atoms with Crippen molar-refractivity contribution in [1.82, 2.24) is 19.7 Å². The van der Waals surface area contributed by atoms with Gasteiger partial charge in [0, 0.05) is 27.6 Å². The van der Waals surface area contributed by atoms with Gasteiger partial charge in [-0.2, -0.15) is 0 Å². The van der Waals surface area contributed by atoms with E-state index < -0.39 is 0 Å². The third-order valence-corrected chi connectivity index (χ3v) is 6.14. The van der Waals surface area contributed by atoms with Crippen LogP contribution in [0.2, 0.25) is 5.02 Å². The molecule has 2 aromatic carbocycles. The number of benzene rings is 2. The lowest BCUT2D eigenvalue weighted by Gasteiger charge is -2.18. The predicted octanol–water partition coefficient (Wildman–Crippen LogP) is 5.00. The molecular weight excluding hydrogens is 414 g/mol. The van der Waals surface area contributed by atoms with Crippen LogP contribution in [0.25, 0.3) is 5.69 Å². The quantitative estimate of drug-likeness (QED) is 0.385. The molecule has 0 N–H and O–H groups in total. The predicted molar refractivity (Wildman–Crippen MR) is 125 cm³/mol. The molecule has 1 aromatic heterocycles. The van der Waals surface area contributed by atoms with E-state index in [-0.39, 0.29) is 0 Å². The summed E-state index contributed by atoms with van der Waals surface area (Å²) in [6.07, 6.45) is 1.89. The molecule has 0 spiro atoms. The van der Waals surface area contributed by atoms with Gasteiger partial charge in [-0.3, -0.25) is 14.5 Å². The molecule has 0 saturated heterocycles. The summed E-state index contributed by atoms with van der Waals surface area (Å²) in [5, 5.41) is 9.65. The molecule has 1 aliphatic heterocycles. The van der Waals surface area contributed by atoms with E-state index >= 15 is 0 Å². The Bertz CT molecular complexity index is 1100.